The monoisotopic (exact) mass is 436 g/mol. The van der Waals surface area contributed by atoms with Gasteiger partial charge in [-0.05, 0) is 81.1 Å². The third-order valence-corrected chi connectivity index (χ3v) is 7.23. The van der Waals surface area contributed by atoms with Crippen LogP contribution in [-0.4, -0.2) is 40.5 Å². The molecule has 2 unspecified atom stereocenters. The van der Waals surface area contributed by atoms with Gasteiger partial charge in [0.15, 0.2) is 5.82 Å². The second-order valence-corrected chi connectivity index (χ2v) is 9.49. The average molecular weight is 437 g/mol. The second-order valence-electron chi connectivity index (χ2n) is 9.09. The summed E-state index contributed by atoms with van der Waals surface area (Å²) in [6, 6.07) is 8.94. The van der Waals surface area contributed by atoms with Gasteiger partial charge in [-0.25, -0.2) is 4.98 Å². The Balaban J connectivity index is 1.26. The first-order chi connectivity index (χ1) is 15.2. The number of benzene rings is 1. The van der Waals surface area contributed by atoms with E-state index in [1.807, 2.05) is 18.2 Å². The van der Waals surface area contributed by atoms with E-state index in [0.29, 0.717) is 34.7 Å². The molecule has 0 radical (unpaired) electrons. The van der Waals surface area contributed by atoms with E-state index in [4.69, 9.17) is 11.6 Å². The highest BCUT2D eigenvalue weighted by Gasteiger charge is 2.32. The van der Waals surface area contributed by atoms with Gasteiger partial charge >= 0.3 is 0 Å². The second kappa shape index (κ2) is 9.02. The Morgan fingerprint density at radius 1 is 1.13 bits per heavy atom. The van der Waals surface area contributed by atoms with E-state index in [0.717, 1.165) is 23.4 Å². The van der Waals surface area contributed by atoms with Crippen LogP contribution < -0.4 is 10.6 Å². The number of rotatable bonds is 6. The van der Waals surface area contributed by atoms with Gasteiger partial charge in [-0.3, -0.25) is 0 Å². The fourth-order valence-corrected chi connectivity index (χ4v) is 5.36. The van der Waals surface area contributed by atoms with Crippen LogP contribution in [0.1, 0.15) is 62.0 Å². The summed E-state index contributed by atoms with van der Waals surface area (Å²) in [4.78, 5) is 11.6. The normalized spacial score (nSPS) is 23.6. The van der Waals surface area contributed by atoms with E-state index in [1.54, 1.807) is 6.20 Å². The van der Waals surface area contributed by atoms with Crippen molar-refractivity contribution in [3.05, 3.63) is 40.5 Å². The maximum atomic E-state index is 9.50. The van der Waals surface area contributed by atoms with Crippen LogP contribution in [0.3, 0.4) is 0 Å². The van der Waals surface area contributed by atoms with Crippen molar-refractivity contribution in [2.45, 2.75) is 56.9 Å². The van der Waals surface area contributed by atoms with E-state index in [2.05, 4.69) is 31.6 Å². The van der Waals surface area contributed by atoms with Crippen molar-refractivity contribution in [2.75, 3.05) is 30.3 Å². The standard InChI is InChI=1S/C24H29ClN6/c25-21-15-28-24(29-19-8-9-20(16-6-7-16)18(12-19)13-26)30-23(21)27-14-17-4-3-11-31-10-2-1-5-22(17)31/h8-9,12,15-17,22H,1-7,10-11,14H2,(H2,27,28,29,30). The molecule has 7 heteroatoms. The predicted octanol–water partition coefficient (Wildman–Crippen LogP) is 5.30. The maximum Gasteiger partial charge on any atom is 0.229 e. The molecule has 3 aliphatic rings. The zero-order chi connectivity index (χ0) is 21.2. The molecular formula is C24H29ClN6. The van der Waals surface area contributed by atoms with Gasteiger partial charge in [-0.1, -0.05) is 24.1 Å². The highest BCUT2D eigenvalue weighted by Crippen LogP contribution is 2.42. The molecule has 3 fully saturated rings. The summed E-state index contributed by atoms with van der Waals surface area (Å²) in [5.74, 6) is 2.33. The van der Waals surface area contributed by atoms with Crippen LogP contribution in [0.25, 0.3) is 0 Å². The van der Waals surface area contributed by atoms with E-state index in [-0.39, 0.29) is 0 Å². The van der Waals surface area contributed by atoms with Crippen LogP contribution in [0, 0.1) is 17.2 Å². The van der Waals surface area contributed by atoms with Gasteiger partial charge in [0.2, 0.25) is 5.95 Å². The minimum Gasteiger partial charge on any atom is -0.368 e. The summed E-state index contributed by atoms with van der Waals surface area (Å²) in [6.07, 6.45) is 10.5. The molecule has 1 aromatic heterocycles. The number of piperidine rings is 2. The lowest BCUT2D eigenvalue weighted by Gasteiger charge is -2.44. The van der Waals surface area contributed by atoms with Gasteiger partial charge in [0, 0.05) is 18.3 Å². The first kappa shape index (κ1) is 20.5. The molecule has 2 saturated heterocycles. The number of nitrogens with one attached hydrogen (secondary N) is 2. The molecule has 1 aromatic carbocycles. The first-order valence-corrected chi connectivity index (χ1v) is 11.9. The van der Waals surface area contributed by atoms with Crippen LogP contribution in [0.15, 0.2) is 24.4 Å². The molecule has 1 saturated carbocycles. The van der Waals surface area contributed by atoms with Crippen LogP contribution in [0.4, 0.5) is 17.5 Å². The molecule has 162 valence electrons. The topological polar surface area (TPSA) is 76.9 Å². The van der Waals surface area contributed by atoms with E-state index in [9.17, 15) is 5.26 Å². The molecule has 2 aromatic rings. The summed E-state index contributed by atoms with van der Waals surface area (Å²) < 4.78 is 0. The average Bonchev–Trinajstić information content (AvgIpc) is 3.64. The van der Waals surface area contributed by atoms with Gasteiger partial charge in [-0.15, -0.1) is 0 Å². The SMILES string of the molecule is N#Cc1cc(Nc2ncc(Cl)c(NCC3CCCN4CCCCC34)n2)ccc1C1CC1. The van der Waals surface area contributed by atoms with Crippen molar-refractivity contribution < 1.29 is 0 Å². The molecule has 3 heterocycles. The lowest BCUT2D eigenvalue weighted by atomic mass is 9.83. The smallest absolute Gasteiger partial charge is 0.229 e. The van der Waals surface area contributed by atoms with Crippen molar-refractivity contribution in [3.63, 3.8) is 0 Å². The number of anilines is 3. The van der Waals surface area contributed by atoms with Crippen molar-refractivity contribution in [1.82, 2.24) is 14.9 Å². The minimum atomic E-state index is 0.484. The Hall–Kier alpha value is -2.36. The number of fused-ring (bicyclic) bond motifs is 1. The number of hydrogen-bond donors (Lipinski definition) is 2. The molecule has 2 N–H and O–H groups in total. The molecule has 6 nitrogen and oxygen atoms in total. The summed E-state index contributed by atoms with van der Waals surface area (Å²) in [7, 11) is 0. The van der Waals surface area contributed by atoms with Crippen LogP contribution in [0.5, 0.6) is 0 Å². The molecule has 0 bridgehead atoms. The van der Waals surface area contributed by atoms with Gasteiger partial charge in [-0.2, -0.15) is 10.2 Å². The Kier molecular flexibility index (Phi) is 5.97. The highest BCUT2D eigenvalue weighted by molar-refractivity contribution is 6.32. The lowest BCUT2D eigenvalue weighted by molar-refractivity contribution is 0.0649. The number of halogens is 1. The van der Waals surface area contributed by atoms with E-state index in [1.165, 1.54) is 58.0 Å². The number of aromatic nitrogens is 2. The zero-order valence-electron chi connectivity index (χ0n) is 17.8. The Bertz CT molecular complexity index is 981. The molecule has 2 aliphatic heterocycles. The van der Waals surface area contributed by atoms with Crippen molar-refractivity contribution in [1.29, 1.82) is 5.26 Å². The number of hydrogen-bond acceptors (Lipinski definition) is 6. The molecule has 31 heavy (non-hydrogen) atoms. The Morgan fingerprint density at radius 2 is 2.00 bits per heavy atom. The molecule has 2 atom stereocenters. The maximum absolute atomic E-state index is 9.50. The van der Waals surface area contributed by atoms with Crippen molar-refractivity contribution in [3.8, 4) is 6.07 Å². The molecular weight excluding hydrogens is 408 g/mol. The minimum absolute atomic E-state index is 0.484. The van der Waals surface area contributed by atoms with Gasteiger partial charge in [0.25, 0.3) is 0 Å². The van der Waals surface area contributed by atoms with E-state index < -0.39 is 0 Å². The molecule has 0 amide bonds. The van der Waals surface area contributed by atoms with Crippen LogP contribution >= 0.6 is 11.6 Å². The molecule has 0 spiro atoms. The van der Waals surface area contributed by atoms with Gasteiger partial charge in [0.1, 0.15) is 5.02 Å². The third-order valence-electron chi connectivity index (χ3n) is 6.95. The predicted molar refractivity (Wildman–Crippen MR) is 124 cm³/mol. The zero-order valence-corrected chi connectivity index (χ0v) is 18.5. The summed E-state index contributed by atoms with van der Waals surface area (Å²) in [5, 5.41) is 16.8. The van der Waals surface area contributed by atoms with Crippen molar-refractivity contribution >= 4 is 29.1 Å². The Labute approximate surface area is 189 Å². The fraction of sp³-hybridized carbons (Fsp3) is 0.542. The van der Waals surface area contributed by atoms with Crippen molar-refractivity contribution in [2.24, 2.45) is 5.92 Å². The first-order valence-electron chi connectivity index (χ1n) is 11.5. The molecule has 1 aliphatic carbocycles. The Morgan fingerprint density at radius 3 is 2.84 bits per heavy atom. The fourth-order valence-electron chi connectivity index (χ4n) is 5.20. The lowest BCUT2D eigenvalue weighted by Crippen LogP contribution is -2.49. The summed E-state index contributed by atoms with van der Waals surface area (Å²) >= 11 is 6.40. The third kappa shape index (κ3) is 4.63. The highest BCUT2D eigenvalue weighted by atomic mass is 35.5. The van der Waals surface area contributed by atoms with Gasteiger partial charge in [0.05, 0.1) is 17.8 Å². The largest absolute Gasteiger partial charge is 0.368 e. The number of nitriles is 1. The quantitative estimate of drug-likeness (QED) is 0.639. The molecule has 5 rings (SSSR count). The van der Waals surface area contributed by atoms with Gasteiger partial charge < -0.3 is 15.5 Å². The summed E-state index contributed by atoms with van der Waals surface area (Å²) in [6.45, 7) is 3.37. The number of nitrogens with zero attached hydrogens (tertiary/aromatic N) is 4. The van der Waals surface area contributed by atoms with Crippen LogP contribution in [0.2, 0.25) is 5.02 Å². The van der Waals surface area contributed by atoms with E-state index >= 15 is 0 Å². The van der Waals surface area contributed by atoms with Crippen LogP contribution in [-0.2, 0) is 0 Å². The summed E-state index contributed by atoms with van der Waals surface area (Å²) in [5.41, 5.74) is 2.70.